The number of hydrogen-bond donors (Lipinski definition) is 1. The van der Waals surface area contributed by atoms with Crippen LogP contribution < -0.4 is 5.73 Å². The summed E-state index contributed by atoms with van der Waals surface area (Å²) in [4.78, 5) is 3.87. The van der Waals surface area contributed by atoms with Crippen LogP contribution in [0.3, 0.4) is 0 Å². The quantitative estimate of drug-likeness (QED) is 0.894. The summed E-state index contributed by atoms with van der Waals surface area (Å²) in [6.45, 7) is 0. The van der Waals surface area contributed by atoms with Crippen molar-refractivity contribution in [3.8, 4) is 0 Å². The Hall–Kier alpha value is -1.68. The van der Waals surface area contributed by atoms with Gasteiger partial charge in [-0.05, 0) is 17.7 Å². The molecule has 0 aliphatic rings. The van der Waals surface area contributed by atoms with Gasteiger partial charge in [-0.3, -0.25) is 0 Å². The van der Waals surface area contributed by atoms with Crippen molar-refractivity contribution >= 4 is 17.4 Å². The normalized spacial score (nSPS) is 10.5. The molecule has 0 amide bonds. The van der Waals surface area contributed by atoms with Crippen molar-refractivity contribution in [2.24, 2.45) is 0 Å². The first-order valence-corrected chi connectivity index (χ1v) is 5.28. The lowest BCUT2D eigenvalue weighted by Crippen LogP contribution is -2.00. The van der Waals surface area contributed by atoms with E-state index in [0.29, 0.717) is 16.1 Å². The van der Waals surface area contributed by atoms with Crippen molar-refractivity contribution in [1.29, 1.82) is 0 Å². The van der Waals surface area contributed by atoms with Gasteiger partial charge in [0, 0.05) is 24.2 Å². The molecule has 0 spiro atoms. The molecule has 0 atom stereocenters. The molecule has 1 aromatic carbocycles. The lowest BCUT2D eigenvalue weighted by Gasteiger charge is -2.06. The van der Waals surface area contributed by atoms with E-state index in [-0.39, 0.29) is 12.2 Å². The zero-order chi connectivity index (χ0) is 12.4. The molecule has 88 valence electrons. The van der Waals surface area contributed by atoms with Gasteiger partial charge in [0.15, 0.2) is 0 Å². The van der Waals surface area contributed by atoms with Gasteiger partial charge in [0.05, 0.1) is 5.02 Å². The first kappa shape index (κ1) is 11.8. The molecule has 2 rings (SSSR count). The summed E-state index contributed by atoms with van der Waals surface area (Å²) in [5, 5.41) is 0.428. The molecule has 2 aromatic rings. The molecule has 2 nitrogen and oxygen atoms in total. The summed E-state index contributed by atoms with van der Waals surface area (Å²) in [5.74, 6) is -0.925. The third kappa shape index (κ3) is 2.71. The van der Waals surface area contributed by atoms with E-state index in [1.807, 2.05) is 0 Å². The first-order valence-electron chi connectivity index (χ1n) is 4.90. The molecule has 0 aliphatic heterocycles. The van der Waals surface area contributed by atoms with Crippen molar-refractivity contribution in [2.45, 2.75) is 6.42 Å². The monoisotopic (exact) mass is 254 g/mol. The third-order valence-electron chi connectivity index (χ3n) is 2.36. The molecule has 0 saturated carbocycles. The Morgan fingerprint density at radius 3 is 2.65 bits per heavy atom. The minimum atomic E-state index is -0.608. The minimum Gasteiger partial charge on any atom is -0.383 e. The van der Waals surface area contributed by atoms with Gasteiger partial charge in [0.2, 0.25) is 0 Å². The van der Waals surface area contributed by atoms with E-state index < -0.39 is 11.6 Å². The molecule has 1 aromatic heterocycles. The fraction of sp³-hybridized carbons (Fsp3) is 0.0833. The van der Waals surface area contributed by atoms with Crippen LogP contribution in [0.2, 0.25) is 5.02 Å². The first-order chi connectivity index (χ1) is 8.06. The Bertz CT molecular complexity index is 558. The van der Waals surface area contributed by atoms with E-state index in [4.69, 9.17) is 17.3 Å². The topological polar surface area (TPSA) is 38.9 Å². The highest BCUT2D eigenvalue weighted by Gasteiger charge is 2.08. The zero-order valence-electron chi connectivity index (χ0n) is 8.75. The highest BCUT2D eigenvalue weighted by molar-refractivity contribution is 6.30. The van der Waals surface area contributed by atoms with Crippen LogP contribution in [0.4, 0.5) is 14.6 Å². The Labute approximate surface area is 102 Å². The summed E-state index contributed by atoms with van der Waals surface area (Å²) >= 11 is 5.78. The van der Waals surface area contributed by atoms with E-state index in [0.717, 1.165) is 6.07 Å². The second-order valence-electron chi connectivity index (χ2n) is 3.61. The van der Waals surface area contributed by atoms with Gasteiger partial charge in [-0.15, -0.1) is 0 Å². The van der Waals surface area contributed by atoms with Gasteiger partial charge >= 0.3 is 0 Å². The molecule has 0 unspecified atom stereocenters. The minimum absolute atomic E-state index is 0.228. The molecule has 1 heterocycles. The maximum absolute atomic E-state index is 13.4. The fourth-order valence-corrected chi connectivity index (χ4v) is 1.68. The van der Waals surface area contributed by atoms with Crippen LogP contribution in [0.25, 0.3) is 0 Å². The van der Waals surface area contributed by atoms with Crippen LogP contribution in [-0.2, 0) is 6.42 Å². The highest BCUT2D eigenvalue weighted by atomic mass is 35.5. The van der Waals surface area contributed by atoms with Crippen molar-refractivity contribution in [3.63, 3.8) is 0 Å². The number of benzene rings is 1. The Balaban J connectivity index is 2.34. The van der Waals surface area contributed by atoms with E-state index in [1.165, 1.54) is 18.3 Å². The van der Waals surface area contributed by atoms with Crippen LogP contribution in [0, 0.1) is 11.6 Å². The molecule has 2 N–H and O–H groups in total. The number of nitrogens with zero attached hydrogens (tertiary/aromatic N) is 1. The molecule has 5 heteroatoms. The number of nitrogen functional groups attached to an aromatic ring is 1. The predicted molar refractivity (Wildman–Crippen MR) is 62.8 cm³/mol. The lowest BCUT2D eigenvalue weighted by atomic mass is 10.1. The SMILES string of the molecule is Nc1ncc(Cl)cc1Cc1ccc(F)cc1F. The predicted octanol–water partition coefficient (Wildman–Crippen LogP) is 3.19. The van der Waals surface area contributed by atoms with E-state index in [2.05, 4.69) is 4.98 Å². The maximum atomic E-state index is 13.4. The Morgan fingerprint density at radius 1 is 1.18 bits per heavy atom. The van der Waals surface area contributed by atoms with E-state index >= 15 is 0 Å². The second-order valence-corrected chi connectivity index (χ2v) is 4.05. The average molecular weight is 255 g/mol. The van der Waals surface area contributed by atoms with E-state index in [1.54, 1.807) is 6.07 Å². The maximum Gasteiger partial charge on any atom is 0.129 e. The standard InChI is InChI=1S/C12H9ClF2N2/c13-9-4-8(12(16)17-6-9)3-7-1-2-10(14)5-11(7)15/h1-2,4-6H,3H2,(H2,16,17). The van der Waals surface area contributed by atoms with Crippen molar-refractivity contribution in [1.82, 2.24) is 4.98 Å². The van der Waals surface area contributed by atoms with Gasteiger partial charge in [-0.1, -0.05) is 17.7 Å². The van der Waals surface area contributed by atoms with Crippen molar-refractivity contribution < 1.29 is 8.78 Å². The van der Waals surface area contributed by atoms with Gasteiger partial charge in [-0.2, -0.15) is 0 Å². The molecule has 17 heavy (non-hydrogen) atoms. The Kier molecular flexibility index (Phi) is 3.24. The number of rotatable bonds is 2. The summed E-state index contributed by atoms with van der Waals surface area (Å²) in [7, 11) is 0. The van der Waals surface area contributed by atoms with Crippen molar-refractivity contribution in [2.75, 3.05) is 5.73 Å². The second kappa shape index (κ2) is 4.67. The lowest BCUT2D eigenvalue weighted by molar-refractivity contribution is 0.574. The van der Waals surface area contributed by atoms with Gasteiger partial charge in [0.1, 0.15) is 17.5 Å². The highest BCUT2D eigenvalue weighted by Crippen LogP contribution is 2.20. The van der Waals surface area contributed by atoms with Crippen LogP contribution in [0.15, 0.2) is 30.5 Å². The molecule has 0 radical (unpaired) electrons. The van der Waals surface area contributed by atoms with E-state index in [9.17, 15) is 8.78 Å². The zero-order valence-corrected chi connectivity index (χ0v) is 9.51. The van der Waals surface area contributed by atoms with Crippen LogP contribution in [-0.4, -0.2) is 4.98 Å². The van der Waals surface area contributed by atoms with Gasteiger partial charge < -0.3 is 5.73 Å². The number of aromatic nitrogens is 1. The van der Waals surface area contributed by atoms with Crippen LogP contribution in [0.5, 0.6) is 0 Å². The number of nitrogens with two attached hydrogens (primary N) is 1. The van der Waals surface area contributed by atoms with Gasteiger partial charge in [0.25, 0.3) is 0 Å². The molecule has 0 fully saturated rings. The summed E-state index contributed by atoms with van der Waals surface area (Å²) in [6.07, 6.45) is 1.65. The number of anilines is 1. The summed E-state index contributed by atoms with van der Waals surface area (Å²) < 4.78 is 26.2. The van der Waals surface area contributed by atoms with Gasteiger partial charge in [-0.25, -0.2) is 13.8 Å². The molecule has 0 aliphatic carbocycles. The van der Waals surface area contributed by atoms with Crippen LogP contribution in [0.1, 0.15) is 11.1 Å². The molecular formula is C12H9ClF2N2. The number of halogens is 3. The summed E-state index contributed by atoms with van der Waals surface area (Å²) in [6, 6.07) is 5.04. The van der Waals surface area contributed by atoms with Crippen LogP contribution >= 0.6 is 11.6 Å². The summed E-state index contributed by atoms with van der Waals surface area (Å²) in [5.41, 5.74) is 6.61. The smallest absolute Gasteiger partial charge is 0.129 e. The molecule has 0 bridgehead atoms. The third-order valence-corrected chi connectivity index (χ3v) is 2.57. The Morgan fingerprint density at radius 2 is 1.94 bits per heavy atom. The largest absolute Gasteiger partial charge is 0.383 e. The average Bonchev–Trinajstić information content (AvgIpc) is 2.27. The molecular weight excluding hydrogens is 246 g/mol. The number of pyridine rings is 1. The molecule has 0 saturated heterocycles. The number of hydrogen-bond acceptors (Lipinski definition) is 2. The fourth-order valence-electron chi connectivity index (χ4n) is 1.50. The van der Waals surface area contributed by atoms with Crippen molar-refractivity contribution in [3.05, 3.63) is 58.2 Å².